The Morgan fingerprint density at radius 2 is 2.00 bits per heavy atom. The van der Waals surface area contributed by atoms with E-state index in [0.717, 1.165) is 16.8 Å². The zero-order valence-corrected chi connectivity index (χ0v) is 13.2. The quantitative estimate of drug-likeness (QED) is 0.929. The van der Waals surface area contributed by atoms with Gasteiger partial charge in [-0.3, -0.25) is 4.79 Å². The smallest absolute Gasteiger partial charge is 0.230 e. The number of aryl methyl sites for hydroxylation is 1. The summed E-state index contributed by atoms with van der Waals surface area (Å²) in [7, 11) is 0. The summed E-state index contributed by atoms with van der Waals surface area (Å²) in [4.78, 5) is 16.5. The topological polar surface area (TPSA) is 42.0 Å². The zero-order chi connectivity index (χ0) is 14.8. The number of nitrogens with one attached hydrogen (secondary N) is 1. The van der Waals surface area contributed by atoms with Crippen LogP contribution in [0.5, 0.6) is 0 Å². The van der Waals surface area contributed by atoms with Crippen molar-refractivity contribution in [2.24, 2.45) is 0 Å². The molecule has 2 aromatic rings. The van der Waals surface area contributed by atoms with E-state index in [1.54, 1.807) is 0 Å². The van der Waals surface area contributed by atoms with Crippen molar-refractivity contribution in [1.82, 2.24) is 4.98 Å². The second-order valence-corrected chi connectivity index (χ2v) is 6.80. The third kappa shape index (κ3) is 3.67. The summed E-state index contributed by atoms with van der Waals surface area (Å²) in [6.07, 6.45) is 0.386. The van der Waals surface area contributed by atoms with E-state index in [1.807, 2.05) is 36.6 Å². The van der Waals surface area contributed by atoms with Crippen LogP contribution < -0.4 is 5.32 Å². The van der Waals surface area contributed by atoms with Crippen molar-refractivity contribution in [2.45, 2.75) is 39.5 Å². The third-order valence-corrected chi connectivity index (χ3v) is 3.89. The van der Waals surface area contributed by atoms with Gasteiger partial charge in [-0.1, -0.05) is 45.0 Å². The molecule has 0 saturated heterocycles. The van der Waals surface area contributed by atoms with Gasteiger partial charge in [0.2, 0.25) is 5.91 Å². The van der Waals surface area contributed by atoms with Crippen molar-refractivity contribution < 1.29 is 4.79 Å². The van der Waals surface area contributed by atoms with Gasteiger partial charge in [-0.2, -0.15) is 0 Å². The van der Waals surface area contributed by atoms with Crippen LogP contribution in [0.1, 0.15) is 37.6 Å². The molecule has 1 N–H and O–H groups in total. The number of nitrogens with zero attached hydrogens (tertiary/aromatic N) is 1. The van der Waals surface area contributed by atoms with Crippen molar-refractivity contribution in [2.75, 3.05) is 5.32 Å². The number of aromatic nitrogens is 1. The molecule has 0 bridgehead atoms. The molecule has 0 aliphatic heterocycles. The lowest BCUT2D eigenvalue weighted by Crippen LogP contribution is -2.16. The van der Waals surface area contributed by atoms with Crippen LogP contribution in [0, 0.1) is 6.92 Å². The van der Waals surface area contributed by atoms with E-state index < -0.39 is 0 Å². The molecule has 0 unspecified atom stereocenters. The predicted octanol–water partition coefficient (Wildman–Crippen LogP) is 3.93. The first-order valence-electron chi connectivity index (χ1n) is 6.66. The second-order valence-electron chi connectivity index (χ2n) is 5.94. The third-order valence-electron chi connectivity index (χ3n) is 3.13. The van der Waals surface area contributed by atoms with Crippen molar-refractivity contribution in [3.8, 4) is 0 Å². The van der Waals surface area contributed by atoms with Crippen LogP contribution >= 0.6 is 11.3 Å². The lowest BCUT2D eigenvalue weighted by molar-refractivity contribution is -0.115. The summed E-state index contributed by atoms with van der Waals surface area (Å²) in [5, 5.41) is 5.56. The molecule has 1 amide bonds. The Labute approximate surface area is 124 Å². The average Bonchev–Trinajstić information content (AvgIpc) is 2.80. The first kappa shape index (κ1) is 14.7. The van der Waals surface area contributed by atoms with E-state index in [9.17, 15) is 4.79 Å². The Balaban J connectivity index is 2.02. The molecule has 0 aliphatic rings. The summed E-state index contributed by atoms with van der Waals surface area (Å²) in [6, 6.07) is 7.94. The highest BCUT2D eigenvalue weighted by molar-refractivity contribution is 7.13. The molecule has 0 atom stereocenters. The highest BCUT2D eigenvalue weighted by Gasteiger charge is 2.18. The highest BCUT2D eigenvalue weighted by Crippen LogP contribution is 2.26. The van der Waals surface area contributed by atoms with Crippen LogP contribution in [-0.2, 0) is 16.6 Å². The summed E-state index contributed by atoms with van der Waals surface area (Å²) in [6.45, 7) is 8.35. The molecule has 1 aromatic carbocycles. The van der Waals surface area contributed by atoms with Crippen LogP contribution in [0.3, 0.4) is 0 Å². The molecule has 3 nitrogen and oxygen atoms in total. The second kappa shape index (κ2) is 5.75. The lowest BCUT2D eigenvalue weighted by atomic mass is 9.93. The molecule has 4 heteroatoms. The van der Waals surface area contributed by atoms with E-state index >= 15 is 0 Å². The van der Waals surface area contributed by atoms with Crippen molar-refractivity contribution in [3.05, 3.63) is 46.5 Å². The number of benzene rings is 1. The number of hydrogen-bond donors (Lipinski definition) is 1. The van der Waals surface area contributed by atoms with Gasteiger partial charge >= 0.3 is 0 Å². The molecule has 0 radical (unpaired) electrons. The van der Waals surface area contributed by atoms with Gasteiger partial charge < -0.3 is 5.32 Å². The summed E-state index contributed by atoms with van der Waals surface area (Å²) >= 11 is 1.48. The van der Waals surface area contributed by atoms with E-state index in [1.165, 1.54) is 11.3 Å². The number of rotatable bonds is 3. The molecule has 106 valence electrons. The molecular weight excluding hydrogens is 268 g/mol. The molecule has 2 rings (SSSR count). The van der Waals surface area contributed by atoms with Crippen molar-refractivity contribution >= 4 is 22.4 Å². The normalized spacial score (nSPS) is 11.4. The molecule has 1 heterocycles. The number of thiazole rings is 1. The van der Waals surface area contributed by atoms with Gasteiger partial charge in [0.05, 0.1) is 12.1 Å². The molecule has 0 spiro atoms. The predicted molar refractivity (Wildman–Crippen MR) is 84.3 cm³/mol. The van der Waals surface area contributed by atoms with Gasteiger partial charge in [0.25, 0.3) is 0 Å². The molecule has 0 saturated carbocycles. The van der Waals surface area contributed by atoms with Gasteiger partial charge in [0.1, 0.15) is 0 Å². The minimum absolute atomic E-state index is 0.00942. The minimum atomic E-state index is -0.0193. The fourth-order valence-corrected chi connectivity index (χ4v) is 2.77. The number of carbonyl (C=O) groups is 1. The molecule has 20 heavy (non-hydrogen) atoms. The SMILES string of the molecule is Cc1ccccc1CC(=O)Nc1nc(C(C)(C)C)cs1. The lowest BCUT2D eigenvalue weighted by Gasteiger charge is -2.14. The Hall–Kier alpha value is -1.68. The van der Waals surface area contributed by atoms with Crippen molar-refractivity contribution in [3.63, 3.8) is 0 Å². The first-order chi connectivity index (χ1) is 9.36. The maximum atomic E-state index is 12.0. The zero-order valence-electron chi connectivity index (χ0n) is 12.4. The van der Waals surface area contributed by atoms with Gasteiger partial charge in [-0.05, 0) is 18.1 Å². The van der Waals surface area contributed by atoms with Crippen molar-refractivity contribution in [1.29, 1.82) is 0 Å². The Morgan fingerprint density at radius 3 is 2.60 bits per heavy atom. The minimum Gasteiger partial charge on any atom is -0.302 e. The number of anilines is 1. The van der Waals surface area contributed by atoms with E-state index in [-0.39, 0.29) is 11.3 Å². The first-order valence-corrected chi connectivity index (χ1v) is 7.54. The van der Waals surface area contributed by atoms with E-state index in [2.05, 4.69) is 31.1 Å². The van der Waals surface area contributed by atoms with E-state index in [4.69, 9.17) is 0 Å². The monoisotopic (exact) mass is 288 g/mol. The van der Waals surface area contributed by atoms with Crippen LogP contribution in [0.2, 0.25) is 0 Å². The van der Waals surface area contributed by atoms with Crippen LogP contribution in [0.15, 0.2) is 29.6 Å². The van der Waals surface area contributed by atoms with Crippen LogP contribution in [-0.4, -0.2) is 10.9 Å². The number of carbonyl (C=O) groups excluding carboxylic acids is 1. The molecular formula is C16H20N2OS. The van der Waals surface area contributed by atoms with Crippen LogP contribution in [0.4, 0.5) is 5.13 Å². The van der Waals surface area contributed by atoms with Gasteiger partial charge in [-0.15, -0.1) is 11.3 Å². The highest BCUT2D eigenvalue weighted by atomic mass is 32.1. The molecule has 1 aromatic heterocycles. The largest absolute Gasteiger partial charge is 0.302 e. The average molecular weight is 288 g/mol. The maximum absolute atomic E-state index is 12.0. The Bertz CT molecular complexity index is 611. The van der Waals surface area contributed by atoms with Crippen LogP contribution in [0.25, 0.3) is 0 Å². The standard InChI is InChI=1S/C16H20N2OS/c1-11-7-5-6-8-12(11)9-14(19)18-15-17-13(10-20-15)16(2,3)4/h5-8,10H,9H2,1-4H3,(H,17,18,19). The summed E-state index contributed by atoms with van der Waals surface area (Å²) < 4.78 is 0. The number of hydrogen-bond acceptors (Lipinski definition) is 3. The van der Waals surface area contributed by atoms with Gasteiger partial charge in [0, 0.05) is 10.8 Å². The molecule has 0 fully saturated rings. The fourth-order valence-electron chi connectivity index (χ4n) is 1.82. The van der Waals surface area contributed by atoms with Gasteiger partial charge in [0.15, 0.2) is 5.13 Å². The molecule has 0 aliphatic carbocycles. The summed E-state index contributed by atoms with van der Waals surface area (Å²) in [5.74, 6) is -0.0193. The van der Waals surface area contributed by atoms with E-state index in [0.29, 0.717) is 11.6 Å². The number of amides is 1. The van der Waals surface area contributed by atoms with Gasteiger partial charge in [-0.25, -0.2) is 4.98 Å². The maximum Gasteiger partial charge on any atom is 0.230 e. The summed E-state index contributed by atoms with van der Waals surface area (Å²) in [5.41, 5.74) is 3.21. The fraction of sp³-hybridized carbons (Fsp3) is 0.375. The Morgan fingerprint density at radius 1 is 1.30 bits per heavy atom. The Kier molecular flexibility index (Phi) is 4.23.